The summed E-state index contributed by atoms with van der Waals surface area (Å²) in [5.74, 6) is 0. The summed E-state index contributed by atoms with van der Waals surface area (Å²) in [6, 6.07) is 18.5. The Morgan fingerprint density at radius 1 is 0.405 bits per heavy atom. The smallest absolute Gasteiger partial charge is 0.408 e. The molecule has 5 rings (SSSR count). The molecule has 0 bridgehead atoms. The number of hydrogen-bond acceptors (Lipinski definition) is 3. The van der Waals surface area contributed by atoms with Crippen LogP contribution in [0.25, 0.3) is 0 Å². The lowest BCUT2D eigenvalue weighted by Crippen LogP contribution is -2.72. The number of hydrogen-bond donors (Lipinski definition) is 0. The lowest BCUT2D eigenvalue weighted by molar-refractivity contribution is 0.0624. The van der Waals surface area contributed by atoms with E-state index in [1.165, 1.54) is 87.5 Å². The zero-order valence-corrected chi connectivity index (χ0v) is 29.9. The molecule has 1 saturated heterocycles. The summed E-state index contributed by atoms with van der Waals surface area (Å²) < 4.78 is 17.9. The molecule has 0 aliphatic carbocycles. The van der Waals surface area contributed by atoms with Crippen molar-refractivity contribution in [1.82, 2.24) is 4.73 Å². The van der Waals surface area contributed by atoms with Crippen LogP contribution in [0, 0.1) is 83.1 Å². The molecule has 5 heteroatoms. The summed E-state index contributed by atoms with van der Waals surface area (Å²) in [6.45, 7) is 26.7. The van der Waals surface area contributed by atoms with Gasteiger partial charge in [-0.2, -0.15) is 4.73 Å². The highest BCUT2D eigenvalue weighted by atomic mass is 28.5. The molecular formula is C37H47NO2Si2. The van der Waals surface area contributed by atoms with Crippen molar-refractivity contribution in [2.75, 3.05) is 7.05 Å². The third-order valence-electron chi connectivity index (χ3n) is 9.04. The molecule has 0 radical (unpaired) electrons. The molecule has 0 spiro atoms. The van der Waals surface area contributed by atoms with Crippen molar-refractivity contribution in [2.45, 2.75) is 83.1 Å². The van der Waals surface area contributed by atoms with Gasteiger partial charge in [-0.1, -0.05) is 70.8 Å². The molecule has 0 atom stereocenters. The first kappa shape index (κ1) is 30.6. The van der Waals surface area contributed by atoms with Crippen LogP contribution in [0.2, 0.25) is 0 Å². The van der Waals surface area contributed by atoms with E-state index >= 15 is 0 Å². The summed E-state index contributed by atoms with van der Waals surface area (Å²) in [5.41, 5.74) is 15.1. The van der Waals surface area contributed by atoms with Crippen LogP contribution in [-0.4, -0.2) is 28.8 Å². The van der Waals surface area contributed by atoms with E-state index in [-0.39, 0.29) is 0 Å². The maximum atomic E-state index is 8.18. The van der Waals surface area contributed by atoms with Crippen molar-refractivity contribution in [3.63, 3.8) is 0 Å². The van der Waals surface area contributed by atoms with E-state index in [1.54, 1.807) is 0 Å². The van der Waals surface area contributed by atoms with Gasteiger partial charge in [-0.05, 0) is 138 Å². The first-order valence-corrected chi connectivity index (χ1v) is 18.8. The van der Waals surface area contributed by atoms with Crippen LogP contribution in [0.5, 0.6) is 0 Å². The minimum atomic E-state index is -3.30. The zero-order valence-electron chi connectivity index (χ0n) is 27.9. The Hall–Kier alpha value is -2.81. The molecular weight excluding hydrogens is 547 g/mol. The summed E-state index contributed by atoms with van der Waals surface area (Å²) in [6.07, 6.45) is 0. The van der Waals surface area contributed by atoms with Crippen molar-refractivity contribution >= 4 is 37.8 Å². The third kappa shape index (κ3) is 4.67. The van der Waals surface area contributed by atoms with E-state index in [9.17, 15) is 0 Å². The summed E-state index contributed by atoms with van der Waals surface area (Å²) >= 11 is 0. The zero-order chi connectivity index (χ0) is 30.9. The molecule has 1 fully saturated rings. The molecule has 220 valence electrons. The van der Waals surface area contributed by atoms with E-state index in [0.29, 0.717) is 0 Å². The maximum Gasteiger partial charge on any atom is 0.416 e. The fourth-order valence-corrected chi connectivity index (χ4v) is 19.6. The largest absolute Gasteiger partial charge is 0.416 e. The highest BCUT2D eigenvalue weighted by Crippen LogP contribution is 2.35. The van der Waals surface area contributed by atoms with E-state index in [0.717, 1.165) is 0 Å². The third-order valence-corrected chi connectivity index (χ3v) is 18.9. The molecule has 1 heterocycles. The summed E-state index contributed by atoms with van der Waals surface area (Å²) in [7, 11) is -4.31. The van der Waals surface area contributed by atoms with Gasteiger partial charge in [0.1, 0.15) is 0 Å². The molecule has 0 N–H and O–H groups in total. The van der Waals surface area contributed by atoms with Crippen LogP contribution >= 0.6 is 0 Å². The standard InChI is InChI=1S/C37H47NO2Si2/c1-22-14-26(5)34(27(6)15-22)41(35-28(7)16-23(2)17-29(35)8)38(13)39-42(40-41,36-30(9)18-24(3)19-31(36)10)37-32(11)20-25(4)21-33(37)12/h14-21H,1-13H3. The predicted molar refractivity (Wildman–Crippen MR) is 183 cm³/mol. The van der Waals surface area contributed by atoms with Gasteiger partial charge in [0, 0.05) is 17.4 Å². The van der Waals surface area contributed by atoms with E-state index in [4.69, 9.17) is 8.64 Å². The molecule has 0 unspecified atom stereocenters. The molecule has 3 nitrogen and oxygen atoms in total. The quantitative estimate of drug-likeness (QED) is 0.267. The van der Waals surface area contributed by atoms with E-state index < -0.39 is 17.0 Å². The molecule has 1 aliphatic rings. The number of hydroxylamine groups is 1. The van der Waals surface area contributed by atoms with Crippen LogP contribution in [0.1, 0.15) is 66.8 Å². The second kappa shape index (κ2) is 10.7. The average molecular weight is 594 g/mol. The van der Waals surface area contributed by atoms with Crippen molar-refractivity contribution < 1.29 is 8.64 Å². The molecule has 0 saturated carbocycles. The van der Waals surface area contributed by atoms with Gasteiger partial charge in [-0.3, -0.25) is 0 Å². The Kier molecular flexibility index (Phi) is 7.82. The van der Waals surface area contributed by atoms with Crippen LogP contribution < -0.4 is 20.7 Å². The highest BCUT2D eigenvalue weighted by Gasteiger charge is 2.66. The van der Waals surface area contributed by atoms with Gasteiger partial charge < -0.3 is 8.64 Å². The van der Waals surface area contributed by atoms with Gasteiger partial charge in [0.15, 0.2) is 0 Å². The Balaban J connectivity index is 1.99. The fourth-order valence-electron chi connectivity index (χ4n) is 8.24. The van der Waals surface area contributed by atoms with Crippen molar-refractivity contribution in [3.8, 4) is 0 Å². The number of aryl methyl sites for hydroxylation is 12. The lowest BCUT2D eigenvalue weighted by atomic mass is 10.1. The fraction of sp³-hybridized carbons (Fsp3) is 0.351. The topological polar surface area (TPSA) is 21.7 Å². The average Bonchev–Trinajstić information content (AvgIpc) is 3.09. The van der Waals surface area contributed by atoms with Crippen molar-refractivity contribution in [2.24, 2.45) is 0 Å². The first-order valence-electron chi connectivity index (χ1n) is 15.1. The van der Waals surface area contributed by atoms with Crippen LogP contribution in [0.4, 0.5) is 0 Å². The number of rotatable bonds is 4. The normalized spacial score (nSPS) is 16.3. The number of nitrogens with zero attached hydrogens (tertiary/aromatic N) is 1. The Labute approximate surface area is 255 Å². The minimum Gasteiger partial charge on any atom is -0.408 e. The first-order chi connectivity index (χ1) is 19.6. The van der Waals surface area contributed by atoms with Crippen LogP contribution in [0.15, 0.2) is 48.5 Å². The molecule has 42 heavy (non-hydrogen) atoms. The molecule has 0 amide bonds. The van der Waals surface area contributed by atoms with Crippen LogP contribution in [0.3, 0.4) is 0 Å². The maximum absolute atomic E-state index is 8.18. The lowest BCUT2D eigenvalue weighted by Gasteiger charge is -2.37. The molecule has 0 aromatic heterocycles. The summed E-state index contributed by atoms with van der Waals surface area (Å²) in [5, 5.41) is 5.11. The Morgan fingerprint density at radius 2 is 0.643 bits per heavy atom. The highest BCUT2D eigenvalue weighted by molar-refractivity contribution is 7.09. The van der Waals surface area contributed by atoms with E-state index in [1.807, 2.05) is 0 Å². The Bertz CT molecular complexity index is 1530. The molecule has 1 aliphatic heterocycles. The molecule has 4 aromatic rings. The van der Waals surface area contributed by atoms with Gasteiger partial charge in [0.05, 0.1) is 0 Å². The van der Waals surface area contributed by atoms with E-state index in [2.05, 4.69) is 143 Å². The van der Waals surface area contributed by atoms with Gasteiger partial charge in [0.2, 0.25) is 0 Å². The van der Waals surface area contributed by atoms with Gasteiger partial charge in [0.25, 0.3) is 0 Å². The minimum absolute atomic E-state index is 1.24. The number of benzene rings is 4. The van der Waals surface area contributed by atoms with Gasteiger partial charge in [-0.25, -0.2) is 0 Å². The second-order valence-corrected chi connectivity index (χ2v) is 19.2. The van der Waals surface area contributed by atoms with Crippen molar-refractivity contribution in [3.05, 3.63) is 115 Å². The Morgan fingerprint density at radius 3 is 0.905 bits per heavy atom. The molecule has 4 aromatic carbocycles. The van der Waals surface area contributed by atoms with Crippen LogP contribution in [-0.2, 0) is 8.64 Å². The monoisotopic (exact) mass is 593 g/mol. The second-order valence-electron chi connectivity index (χ2n) is 13.0. The van der Waals surface area contributed by atoms with Gasteiger partial charge in [-0.15, -0.1) is 0 Å². The summed E-state index contributed by atoms with van der Waals surface area (Å²) in [4.78, 5) is 0. The van der Waals surface area contributed by atoms with Gasteiger partial charge >= 0.3 is 17.0 Å². The predicted octanol–water partition coefficient (Wildman–Crippen LogP) is 6.09. The SMILES string of the molecule is Cc1cc(C)c([Si]2(c3c(C)cc(C)cc3C)ON(C)[Si](c3c(C)cc(C)cc3C)(c3c(C)cc(C)cc3C)O2)c(C)c1. The van der Waals surface area contributed by atoms with Crippen molar-refractivity contribution in [1.29, 1.82) is 0 Å².